The highest BCUT2D eigenvalue weighted by molar-refractivity contribution is 7.90. The summed E-state index contributed by atoms with van der Waals surface area (Å²) in [6, 6.07) is -0.675. The minimum absolute atomic E-state index is 0.402. The number of carbonyl (C=O) groups is 1. The molecule has 0 aliphatic heterocycles. The molecule has 0 spiro atoms. The molecule has 0 heterocycles. The second kappa shape index (κ2) is 4.30. The lowest BCUT2D eigenvalue weighted by Gasteiger charge is -2.09. The zero-order chi connectivity index (χ0) is 9.78. The number of carbonyl (C=O) groups excluding carboxylic acids is 1. The molecule has 0 aromatic carbocycles. The van der Waals surface area contributed by atoms with E-state index in [1.165, 1.54) is 13.8 Å². The Hall–Kier alpha value is -0.780. The van der Waals surface area contributed by atoms with E-state index in [0.717, 1.165) is 0 Å². The molecule has 6 heteroatoms. The molecule has 0 saturated carbocycles. The van der Waals surface area contributed by atoms with Gasteiger partial charge in [0.25, 0.3) is 0 Å². The van der Waals surface area contributed by atoms with Crippen molar-refractivity contribution in [2.45, 2.75) is 26.0 Å². The minimum atomic E-state index is -3.48. The lowest BCUT2D eigenvalue weighted by molar-refractivity contribution is 0.246. The molecule has 0 aromatic heterocycles. The SMILES string of the molecule is CCNC(=O)NS(=O)(=O)C(C)C. The Morgan fingerprint density at radius 3 is 2.25 bits per heavy atom. The van der Waals surface area contributed by atoms with Crippen molar-refractivity contribution >= 4 is 16.1 Å². The van der Waals surface area contributed by atoms with Crippen LogP contribution in [0.2, 0.25) is 0 Å². The number of rotatable bonds is 3. The molecule has 0 aliphatic rings. The van der Waals surface area contributed by atoms with E-state index < -0.39 is 21.3 Å². The van der Waals surface area contributed by atoms with Crippen LogP contribution >= 0.6 is 0 Å². The van der Waals surface area contributed by atoms with Gasteiger partial charge in [-0.25, -0.2) is 17.9 Å². The summed E-state index contributed by atoms with van der Waals surface area (Å²) < 4.78 is 24.0. The number of nitrogens with one attached hydrogen (secondary N) is 2. The molecular formula is C6H14N2O3S. The van der Waals surface area contributed by atoms with Crippen LogP contribution in [0, 0.1) is 0 Å². The fourth-order valence-corrected chi connectivity index (χ4v) is 1.01. The van der Waals surface area contributed by atoms with Crippen LogP contribution in [-0.4, -0.2) is 26.2 Å². The van der Waals surface area contributed by atoms with Gasteiger partial charge >= 0.3 is 6.03 Å². The van der Waals surface area contributed by atoms with Crippen LogP contribution in [0.3, 0.4) is 0 Å². The lowest BCUT2D eigenvalue weighted by Crippen LogP contribution is -2.42. The summed E-state index contributed by atoms with van der Waals surface area (Å²) in [4.78, 5) is 10.8. The number of amides is 2. The standard InChI is InChI=1S/C6H14N2O3S/c1-4-7-6(9)8-12(10,11)5(2)3/h5H,4H2,1-3H3,(H2,7,8,9). The van der Waals surface area contributed by atoms with Crippen LogP contribution in [0.4, 0.5) is 4.79 Å². The molecule has 0 radical (unpaired) electrons. The fourth-order valence-electron chi connectivity index (χ4n) is 0.444. The van der Waals surface area contributed by atoms with E-state index >= 15 is 0 Å². The van der Waals surface area contributed by atoms with E-state index in [9.17, 15) is 13.2 Å². The van der Waals surface area contributed by atoms with Crippen molar-refractivity contribution in [2.24, 2.45) is 0 Å². The van der Waals surface area contributed by atoms with Crippen molar-refractivity contribution in [1.29, 1.82) is 0 Å². The van der Waals surface area contributed by atoms with Gasteiger partial charge in [-0.3, -0.25) is 0 Å². The van der Waals surface area contributed by atoms with Gasteiger partial charge in [0.2, 0.25) is 10.0 Å². The van der Waals surface area contributed by atoms with Crippen LogP contribution in [0.5, 0.6) is 0 Å². The Morgan fingerprint density at radius 2 is 1.92 bits per heavy atom. The zero-order valence-electron chi connectivity index (χ0n) is 7.42. The maximum absolute atomic E-state index is 11.0. The van der Waals surface area contributed by atoms with E-state index in [1.807, 2.05) is 4.72 Å². The van der Waals surface area contributed by atoms with Crippen LogP contribution in [-0.2, 0) is 10.0 Å². The van der Waals surface area contributed by atoms with Gasteiger partial charge in [-0.2, -0.15) is 0 Å². The van der Waals surface area contributed by atoms with Crippen LogP contribution in [0.15, 0.2) is 0 Å². The summed E-state index contributed by atoms with van der Waals surface area (Å²) in [7, 11) is -3.48. The molecule has 72 valence electrons. The van der Waals surface area contributed by atoms with Gasteiger partial charge in [-0.1, -0.05) is 0 Å². The highest BCUT2D eigenvalue weighted by Gasteiger charge is 2.17. The second-order valence-electron chi connectivity index (χ2n) is 2.56. The molecule has 2 N–H and O–H groups in total. The first-order valence-electron chi connectivity index (χ1n) is 3.69. The largest absolute Gasteiger partial charge is 0.338 e. The monoisotopic (exact) mass is 194 g/mol. The van der Waals surface area contributed by atoms with Gasteiger partial charge in [0, 0.05) is 6.54 Å². The molecule has 0 unspecified atom stereocenters. The predicted molar refractivity (Wildman–Crippen MR) is 46.3 cm³/mol. The second-order valence-corrected chi connectivity index (χ2v) is 4.79. The summed E-state index contributed by atoms with van der Waals surface area (Å²) in [5.41, 5.74) is 0. The van der Waals surface area contributed by atoms with Gasteiger partial charge in [0.15, 0.2) is 0 Å². The molecule has 0 rings (SSSR count). The Balaban J connectivity index is 4.17. The zero-order valence-corrected chi connectivity index (χ0v) is 8.23. The molecule has 5 nitrogen and oxygen atoms in total. The third kappa shape index (κ3) is 3.56. The molecule has 0 bridgehead atoms. The van der Waals surface area contributed by atoms with Gasteiger partial charge < -0.3 is 5.32 Å². The molecule has 0 saturated heterocycles. The molecular weight excluding hydrogens is 180 g/mol. The summed E-state index contributed by atoms with van der Waals surface area (Å²) in [5, 5.41) is 1.73. The molecule has 12 heavy (non-hydrogen) atoms. The Labute approximate surface area is 72.6 Å². The predicted octanol–water partition coefficient (Wildman–Crippen LogP) is 0.0437. The lowest BCUT2D eigenvalue weighted by atomic mass is 10.6. The van der Waals surface area contributed by atoms with Crippen molar-refractivity contribution in [2.75, 3.05) is 6.54 Å². The summed E-state index contributed by atoms with van der Waals surface area (Å²) in [6.07, 6.45) is 0. The molecule has 0 atom stereocenters. The van der Waals surface area contributed by atoms with Crippen molar-refractivity contribution in [1.82, 2.24) is 10.0 Å². The Morgan fingerprint density at radius 1 is 1.42 bits per heavy atom. The normalized spacial score (nSPS) is 11.3. The van der Waals surface area contributed by atoms with Crippen molar-refractivity contribution in [3.8, 4) is 0 Å². The smallest absolute Gasteiger partial charge is 0.328 e. The number of hydrogen-bond donors (Lipinski definition) is 2. The van der Waals surface area contributed by atoms with E-state index in [1.54, 1.807) is 6.92 Å². The molecule has 0 aliphatic carbocycles. The van der Waals surface area contributed by atoms with E-state index in [0.29, 0.717) is 6.54 Å². The Kier molecular flexibility index (Phi) is 4.02. The third-order valence-corrected chi connectivity index (χ3v) is 2.90. The first-order valence-corrected chi connectivity index (χ1v) is 5.24. The van der Waals surface area contributed by atoms with Gasteiger partial charge in [0.05, 0.1) is 5.25 Å². The van der Waals surface area contributed by atoms with Crippen LogP contribution in [0.1, 0.15) is 20.8 Å². The van der Waals surface area contributed by atoms with Crippen molar-refractivity contribution in [3.63, 3.8) is 0 Å². The minimum Gasteiger partial charge on any atom is -0.338 e. The number of sulfonamides is 1. The molecule has 2 amide bonds. The summed E-state index contributed by atoms with van der Waals surface area (Å²) in [6.45, 7) is 5.12. The summed E-state index contributed by atoms with van der Waals surface area (Å²) in [5.74, 6) is 0. The molecule has 0 aromatic rings. The van der Waals surface area contributed by atoms with E-state index in [2.05, 4.69) is 5.32 Å². The maximum atomic E-state index is 11.0. The van der Waals surface area contributed by atoms with Gasteiger partial charge in [-0.15, -0.1) is 0 Å². The molecule has 0 fully saturated rings. The average Bonchev–Trinajstić information content (AvgIpc) is 1.85. The van der Waals surface area contributed by atoms with Crippen LogP contribution in [0.25, 0.3) is 0 Å². The maximum Gasteiger partial charge on any atom is 0.328 e. The third-order valence-electron chi connectivity index (χ3n) is 1.19. The summed E-state index contributed by atoms with van der Waals surface area (Å²) >= 11 is 0. The average molecular weight is 194 g/mol. The van der Waals surface area contributed by atoms with E-state index in [4.69, 9.17) is 0 Å². The van der Waals surface area contributed by atoms with Crippen molar-refractivity contribution < 1.29 is 13.2 Å². The van der Waals surface area contributed by atoms with Crippen molar-refractivity contribution in [3.05, 3.63) is 0 Å². The quantitative estimate of drug-likeness (QED) is 0.666. The topological polar surface area (TPSA) is 75.3 Å². The van der Waals surface area contributed by atoms with Crippen LogP contribution < -0.4 is 10.0 Å². The van der Waals surface area contributed by atoms with Gasteiger partial charge in [0.1, 0.15) is 0 Å². The number of hydrogen-bond acceptors (Lipinski definition) is 3. The first kappa shape index (κ1) is 11.2. The van der Waals surface area contributed by atoms with Gasteiger partial charge in [-0.05, 0) is 20.8 Å². The Bertz CT molecular complexity index is 246. The highest BCUT2D eigenvalue weighted by atomic mass is 32.2. The fraction of sp³-hybridized carbons (Fsp3) is 0.833. The first-order chi connectivity index (χ1) is 5.40. The van der Waals surface area contributed by atoms with E-state index in [-0.39, 0.29) is 0 Å². The number of urea groups is 1. The highest BCUT2D eigenvalue weighted by Crippen LogP contribution is 1.94.